The highest BCUT2D eigenvalue weighted by atomic mass is 16.1. The third-order valence-electron chi connectivity index (χ3n) is 1.12. The van der Waals surface area contributed by atoms with E-state index in [0.717, 1.165) is 5.57 Å². The highest BCUT2D eigenvalue weighted by Gasteiger charge is 1.93. The maximum absolute atomic E-state index is 11.0. The van der Waals surface area contributed by atoms with Gasteiger partial charge in [0.05, 0.1) is 0 Å². The van der Waals surface area contributed by atoms with Crippen LogP contribution in [0.15, 0.2) is 11.6 Å². The molecule has 0 rings (SSSR count). The van der Waals surface area contributed by atoms with Crippen molar-refractivity contribution in [3.63, 3.8) is 0 Å². The number of carbonyl (C=O) groups is 1. The van der Waals surface area contributed by atoms with E-state index in [1.807, 2.05) is 13.8 Å². The Balaban J connectivity index is 3.68. The summed E-state index contributed by atoms with van der Waals surface area (Å²) in [6.07, 6.45) is 2.89. The fraction of sp³-hybridized carbons (Fsp3) is 0.500. The number of rotatable bonds is 3. The minimum atomic E-state index is 0.174. The molecule has 0 fully saturated rings. The molecule has 1 heteroatoms. The third-order valence-corrected chi connectivity index (χ3v) is 1.12. The molecular formula is C10H14O. The first kappa shape index (κ1) is 9.97. The second kappa shape index (κ2) is 5.73. The Labute approximate surface area is 68.5 Å². The van der Waals surface area contributed by atoms with Crippen LogP contribution in [0.2, 0.25) is 0 Å². The summed E-state index contributed by atoms with van der Waals surface area (Å²) in [7, 11) is 0. The summed E-state index contributed by atoms with van der Waals surface area (Å²) < 4.78 is 0. The lowest BCUT2D eigenvalue weighted by Crippen LogP contribution is -1.91. The van der Waals surface area contributed by atoms with E-state index < -0.39 is 0 Å². The molecule has 0 aliphatic carbocycles. The maximum Gasteiger partial charge on any atom is 0.156 e. The van der Waals surface area contributed by atoms with Gasteiger partial charge in [0.1, 0.15) is 0 Å². The first-order chi connectivity index (χ1) is 5.16. The van der Waals surface area contributed by atoms with Gasteiger partial charge in [0.2, 0.25) is 0 Å². The summed E-state index contributed by atoms with van der Waals surface area (Å²) in [4.78, 5) is 11.0. The second-order valence-electron chi connectivity index (χ2n) is 2.61. The lowest BCUT2D eigenvalue weighted by Gasteiger charge is -1.89. The van der Waals surface area contributed by atoms with E-state index in [4.69, 9.17) is 0 Å². The Morgan fingerprint density at radius 1 is 1.45 bits per heavy atom. The Morgan fingerprint density at radius 3 is 2.55 bits per heavy atom. The number of hydrogen-bond acceptors (Lipinski definition) is 1. The normalized spacial score (nSPS) is 7.91. The molecule has 0 N–H and O–H groups in total. The van der Waals surface area contributed by atoms with Crippen LogP contribution in [0.1, 0.15) is 33.6 Å². The fourth-order valence-corrected chi connectivity index (χ4v) is 0.705. The standard InChI is InChI=1S/C10H14O/c1-4-5-6-7-10(11)8-9(2)3/h8H,6-7H2,1-3H3. The van der Waals surface area contributed by atoms with E-state index in [1.54, 1.807) is 13.0 Å². The zero-order valence-corrected chi connectivity index (χ0v) is 7.40. The molecule has 0 unspecified atom stereocenters. The summed E-state index contributed by atoms with van der Waals surface area (Å²) in [6.45, 7) is 5.62. The number of carbonyl (C=O) groups excluding carboxylic acids is 1. The molecule has 60 valence electrons. The summed E-state index contributed by atoms with van der Waals surface area (Å²) in [6, 6.07) is 0. The summed E-state index contributed by atoms with van der Waals surface area (Å²) in [5, 5.41) is 0. The lowest BCUT2D eigenvalue weighted by molar-refractivity contribution is -0.114. The average molecular weight is 150 g/mol. The molecule has 0 amide bonds. The molecule has 0 aliphatic rings. The van der Waals surface area contributed by atoms with Gasteiger partial charge >= 0.3 is 0 Å². The second-order valence-corrected chi connectivity index (χ2v) is 2.61. The van der Waals surface area contributed by atoms with E-state index in [9.17, 15) is 4.79 Å². The van der Waals surface area contributed by atoms with Crippen molar-refractivity contribution in [3.05, 3.63) is 11.6 Å². The molecule has 0 saturated carbocycles. The van der Waals surface area contributed by atoms with Gasteiger partial charge in [-0.15, -0.1) is 11.8 Å². The van der Waals surface area contributed by atoms with Crippen molar-refractivity contribution in [1.82, 2.24) is 0 Å². The molecule has 0 atom stereocenters. The van der Waals surface area contributed by atoms with Gasteiger partial charge in [0, 0.05) is 12.8 Å². The lowest BCUT2D eigenvalue weighted by atomic mass is 10.2. The Hall–Kier alpha value is -1.03. The molecular weight excluding hydrogens is 136 g/mol. The van der Waals surface area contributed by atoms with E-state index in [-0.39, 0.29) is 5.78 Å². The van der Waals surface area contributed by atoms with Crippen LogP contribution in [0.3, 0.4) is 0 Å². The molecule has 0 aliphatic heterocycles. The van der Waals surface area contributed by atoms with Crippen molar-refractivity contribution < 1.29 is 4.79 Å². The molecule has 1 nitrogen and oxygen atoms in total. The van der Waals surface area contributed by atoms with E-state index in [0.29, 0.717) is 12.8 Å². The van der Waals surface area contributed by atoms with Crippen molar-refractivity contribution in [3.8, 4) is 11.8 Å². The molecule has 0 radical (unpaired) electrons. The third kappa shape index (κ3) is 6.86. The minimum Gasteiger partial charge on any atom is -0.295 e. The number of hydrogen-bond donors (Lipinski definition) is 0. The zero-order valence-electron chi connectivity index (χ0n) is 7.40. The quantitative estimate of drug-likeness (QED) is 0.445. The molecule has 0 bridgehead atoms. The highest BCUT2D eigenvalue weighted by Crippen LogP contribution is 1.95. The number of allylic oxidation sites excluding steroid dienone is 2. The van der Waals surface area contributed by atoms with Gasteiger partial charge in [-0.05, 0) is 26.8 Å². The van der Waals surface area contributed by atoms with Gasteiger partial charge in [-0.1, -0.05) is 5.57 Å². The largest absolute Gasteiger partial charge is 0.295 e. The van der Waals surface area contributed by atoms with Crippen LogP contribution < -0.4 is 0 Å². The van der Waals surface area contributed by atoms with Gasteiger partial charge in [-0.25, -0.2) is 0 Å². The van der Waals surface area contributed by atoms with Crippen LogP contribution in [0.5, 0.6) is 0 Å². The van der Waals surface area contributed by atoms with Crippen LogP contribution in [-0.2, 0) is 4.79 Å². The fourth-order valence-electron chi connectivity index (χ4n) is 0.705. The SMILES string of the molecule is CC#CCCC(=O)C=C(C)C. The van der Waals surface area contributed by atoms with Crippen molar-refractivity contribution >= 4 is 5.78 Å². The van der Waals surface area contributed by atoms with Gasteiger partial charge in [-0.2, -0.15) is 0 Å². The zero-order chi connectivity index (χ0) is 8.69. The molecule has 0 heterocycles. The average Bonchev–Trinajstić information content (AvgIpc) is 1.86. The van der Waals surface area contributed by atoms with E-state index in [2.05, 4.69) is 11.8 Å². The first-order valence-corrected chi connectivity index (χ1v) is 3.74. The Bertz CT molecular complexity index is 209. The molecule has 0 spiro atoms. The van der Waals surface area contributed by atoms with Crippen molar-refractivity contribution in [2.45, 2.75) is 33.6 Å². The topological polar surface area (TPSA) is 17.1 Å². The van der Waals surface area contributed by atoms with Gasteiger partial charge in [0.15, 0.2) is 5.78 Å². The highest BCUT2D eigenvalue weighted by molar-refractivity contribution is 5.90. The van der Waals surface area contributed by atoms with E-state index >= 15 is 0 Å². The Kier molecular flexibility index (Phi) is 5.20. The van der Waals surface area contributed by atoms with Crippen molar-refractivity contribution in [2.75, 3.05) is 0 Å². The first-order valence-electron chi connectivity index (χ1n) is 3.74. The van der Waals surface area contributed by atoms with Crippen LogP contribution in [0.4, 0.5) is 0 Å². The molecule has 0 aromatic rings. The Morgan fingerprint density at radius 2 is 2.09 bits per heavy atom. The maximum atomic E-state index is 11.0. The van der Waals surface area contributed by atoms with Crippen LogP contribution in [0, 0.1) is 11.8 Å². The molecule has 0 saturated heterocycles. The molecule has 0 aromatic carbocycles. The van der Waals surface area contributed by atoms with Crippen LogP contribution >= 0.6 is 0 Å². The predicted octanol–water partition coefficient (Wildman–Crippen LogP) is 2.33. The number of ketones is 1. The summed E-state index contributed by atoms with van der Waals surface area (Å²) >= 11 is 0. The minimum absolute atomic E-state index is 0.174. The van der Waals surface area contributed by atoms with Crippen LogP contribution in [0.25, 0.3) is 0 Å². The smallest absolute Gasteiger partial charge is 0.156 e. The van der Waals surface area contributed by atoms with Crippen molar-refractivity contribution in [1.29, 1.82) is 0 Å². The van der Waals surface area contributed by atoms with E-state index in [1.165, 1.54) is 0 Å². The predicted molar refractivity (Wildman–Crippen MR) is 47.1 cm³/mol. The monoisotopic (exact) mass is 150 g/mol. The summed E-state index contributed by atoms with van der Waals surface area (Å²) in [5.74, 6) is 5.78. The van der Waals surface area contributed by atoms with Gasteiger partial charge < -0.3 is 0 Å². The van der Waals surface area contributed by atoms with Gasteiger partial charge in [0.25, 0.3) is 0 Å². The summed E-state index contributed by atoms with van der Waals surface area (Å²) in [5.41, 5.74) is 1.06. The van der Waals surface area contributed by atoms with Crippen LogP contribution in [-0.4, -0.2) is 5.78 Å². The molecule has 0 aromatic heterocycles. The molecule has 11 heavy (non-hydrogen) atoms. The van der Waals surface area contributed by atoms with Gasteiger partial charge in [-0.3, -0.25) is 4.79 Å². The van der Waals surface area contributed by atoms with Crippen molar-refractivity contribution in [2.24, 2.45) is 0 Å².